The van der Waals surface area contributed by atoms with Crippen molar-refractivity contribution in [1.82, 2.24) is 0 Å². The van der Waals surface area contributed by atoms with Crippen LogP contribution < -0.4 is 28.7 Å². The molecule has 4 nitrogen and oxygen atoms in total. The van der Waals surface area contributed by atoms with Crippen LogP contribution in [0.25, 0.3) is 0 Å². The van der Waals surface area contributed by atoms with Crippen molar-refractivity contribution in [2.45, 2.75) is 50.4 Å². The molecule has 3 aliphatic rings. The van der Waals surface area contributed by atoms with Gasteiger partial charge >= 0.3 is 5.97 Å². The highest BCUT2D eigenvalue weighted by atomic mass is 127. The molecule has 2 fully saturated rings. The van der Waals surface area contributed by atoms with Crippen molar-refractivity contribution in [2.75, 3.05) is 26.9 Å². The van der Waals surface area contributed by atoms with Gasteiger partial charge in [-0.25, -0.2) is 0 Å². The third-order valence-electron chi connectivity index (χ3n) is 7.44. The topological polar surface area (TPSA) is 35.5 Å². The van der Waals surface area contributed by atoms with E-state index in [1.807, 2.05) is 30.3 Å². The number of halogens is 2. The highest BCUT2D eigenvalue weighted by Crippen LogP contribution is 2.51. The Labute approximate surface area is 212 Å². The first-order valence-electron chi connectivity index (χ1n) is 11.6. The summed E-state index contributed by atoms with van der Waals surface area (Å²) in [7, 11) is 2.20. The second-order valence-electron chi connectivity index (χ2n) is 9.85. The van der Waals surface area contributed by atoms with E-state index in [1.54, 1.807) is 0 Å². The number of esters is 1. The molecule has 3 unspecified atom stereocenters. The van der Waals surface area contributed by atoms with Crippen molar-refractivity contribution < 1.29 is 42.7 Å². The molecule has 6 heteroatoms. The Bertz CT molecular complexity index is 977. The maximum absolute atomic E-state index is 12.4. The molecule has 2 heterocycles. The summed E-state index contributed by atoms with van der Waals surface area (Å²) in [6.45, 7) is 2.23. The number of carbonyl (C=O) groups excluding carboxylic acids is 1. The molecule has 0 N–H and O–H groups in total. The van der Waals surface area contributed by atoms with Crippen LogP contribution in [0.4, 0.5) is 0 Å². The normalized spacial score (nSPS) is 26.2. The van der Waals surface area contributed by atoms with Gasteiger partial charge in [-0.05, 0) is 36.6 Å². The van der Waals surface area contributed by atoms with Gasteiger partial charge in [0, 0.05) is 34.4 Å². The number of para-hydroxylation sites is 1. The number of carbonyl (C=O) groups is 1. The Morgan fingerprint density at radius 3 is 2.53 bits per heavy atom. The van der Waals surface area contributed by atoms with E-state index in [9.17, 15) is 4.79 Å². The summed E-state index contributed by atoms with van der Waals surface area (Å²) in [6, 6.07) is 14.2. The lowest BCUT2D eigenvalue weighted by Gasteiger charge is -2.29. The van der Waals surface area contributed by atoms with E-state index >= 15 is 0 Å². The van der Waals surface area contributed by atoms with Gasteiger partial charge in [0.1, 0.15) is 11.5 Å². The van der Waals surface area contributed by atoms with Gasteiger partial charge in [0.05, 0.1) is 20.1 Å². The number of hydrogen-bond donors (Lipinski definition) is 0. The molecule has 1 aliphatic carbocycles. The first-order chi connectivity index (χ1) is 15.0. The second-order valence-corrected chi connectivity index (χ2v) is 10.3. The minimum absolute atomic E-state index is 0. The van der Waals surface area contributed by atoms with E-state index < -0.39 is 0 Å². The number of likely N-dealkylation sites (N-methyl/N-ethyl adjacent to an activating group) is 1. The summed E-state index contributed by atoms with van der Waals surface area (Å²) < 4.78 is 12.8. The van der Waals surface area contributed by atoms with Gasteiger partial charge in [0.15, 0.2) is 0 Å². The molecule has 1 saturated carbocycles. The van der Waals surface area contributed by atoms with Gasteiger partial charge in [-0.3, -0.25) is 9.28 Å². The van der Waals surface area contributed by atoms with Crippen molar-refractivity contribution in [3.63, 3.8) is 0 Å². The lowest BCUT2D eigenvalue weighted by atomic mass is 9.84. The van der Waals surface area contributed by atoms with Crippen molar-refractivity contribution in [3.05, 3.63) is 58.6 Å². The predicted molar refractivity (Wildman–Crippen MR) is 122 cm³/mol. The van der Waals surface area contributed by atoms with E-state index in [-0.39, 0.29) is 35.9 Å². The summed E-state index contributed by atoms with van der Waals surface area (Å²) in [5, 5.41) is 0.728. The molecule has 0 radical (unpaired) electrons. The fourth-order valence-electron chi connectivity index (χ4n) is 5.84. The molecule has 32 heavy (non-hydrogen) atoms. The SMILES string of the molecule is C[N+]1(COC(=O)CCC2CCCC2)CC2c3ccccc3Oc3ccc(Cl)cc3C2C1.[I-]. The summed E-state index contributed by atoms with van der Waals surface area (Å²) in [4.78, 5) is 12.4. The quantitative estimate of drug-likeness (QED) is 0.316. The number of nitrogens with zero attached hydrogens (tertiary/aromatic N) is 1. The van der Waals surface area contributed by atoms with Crippen LogP contribution in [0.2, 0.25) is 5.02 Å². The molecule has 172 valence electrons. The summed E-state index contributed by atoms with van der Waals surface area (Å²) in [6.07, 6.45) is 6.70. The maximum Gasteiger partial charge on any atom is 0.310 e. The average molecular weight is 568 g/mol. The Balaban J connectivity index is 0.00000245. The van der Waals surface area contributed by atoms with Gasteiger partial charge in [-0.2, -0.15) is 0 Å². The number of likely N-dealkylation sites (tertiary alicyclic amines) is 1. The molecule has 0 bridgehead atoms. The van der Waals surface area contributed by atoms with Gasteiger partial charge < -0.3 is 33.5 Å². The second kappa shape index (κ2) is 9.90. The van der Waals surface area contributed by atoms with Crippen LogP contribution in [0.3, 0.4) is 0 Å². The van der Waals surface area contributed by atoms with Crippen LogP contribution in [-0.4, -0.2) is 37.3 Å². The lowest BCUT2D eigenvalue weighted by Crippen LogP contribution is -3.00. The van der Waals surface area contributed by atoms with Crippen LogP contribution in [0.5, 0.6) is 11.5 Å². The van der Waals surface area contributed by atoms with Crippen molar-refractivity contribution in [2.24, 2.45) is 5.92 Å². The zero-order valence-corrected chi connectivity index (χ0v) is 21.5. The average Bonchev–Trinajstić information content (AvgIpc) is 3.38. The minimum Gasteiger partial charge on any atom is -1.00 e. The summed E-state index contributed by atoms with van der Waals surface area (Å²) in [5.74, 6) is 3.04. The van der Waals surface area contributed by atoms with E-state index in [2.05, 4.69) is 19.2 Å². The van der Waals surface area contributed by atoms with Gasteiger partial charge in [0.25, 0.3) is 0 Å². The smallest absolute Gasteiger partial charge is 0.310 e. The molecule has 5 rings (SSSR count). The molecule has 2 aromatic carbocycles. The van der Waals surface area contributed by atoms with Crippen LogP contribution >= 0.6 is 11.6 Å². The largest absolute Gasteiger partial charge is 1.00 e. The Kier molecular flexibility index (Phi) is 7.37. The number of quaternary nitrogens is 1. The molecule has 0 spiro atoms. The summed E-state index contributed by atoms with van der Waals surface area (Å²) in [5.41, 5.74) is 2.39. The molecule has 2 aliphatic heterocycles. The first-order valence-corrected chi connectivity index (χ1v) is 11.9. The Morgan fingerprint density at radius 1 is 1.06 bits per heavy atom. The molecule has 2 aromatic rings. The van der Waals surface area contributed by atoms with E-state index in [0.29, 0.717) is 29.5 Å². The standard InChI is InChI=1S/C26H31ClNO3.HI/c1-28(17-30-26(29)13-10-18-6-2-3-7-18)15-22-20-8-4-5-9-24(20)31-25-12-11-19(27)14-21(25)23(22)16-28;/h4-5,8-9,11-12,14,18,22-23H,2-3,6-7,10,13,15-17H2,1H3;1H/q+1;/p-1. The van der Waals surface area contributed by atoms with Gasteiger partial charge in [-0.1, -0.05) is 55.5 Å². The zero-order chi connectivity index (χ0) is 21.4. The number of ether oxygens (including phenoxy) is 2. The highest BCUT2D eigenvalue weighted by molar-refractivity contribution is 6.30. The monoisotopic (exact) mass is 567 g/mol. The molecular weight excluding hydrogens is 537 g/mol. The molecular formula is C26H31ClINO3. The van der Waals surface area contributed by atoms with Crippen LogP contribution in [0.1, 0.15) is 61.5 Å². The first kappa shape index (κ1) is 23.8. The lowest BCUT2D eigenvalue weighted by molar-refractivity contribution is -0.915. The van der Waals surface area contributed by atoms with E-state index in [4.69, 9.17) is 21.1 Å². The van der Waals surface area contributed by atoms with Crippen LogP contribution in [0.15, 0.2) is 42.5 Å². The van der Waals surface area contributed by atoms with Crippen molar-refractivity contribution in [1.29, 1.82) is 0 Å². The third kappa shape index (κ3) is 4.95. The number of hydrogen-bond acceptors (Lipinski definition) is 3. The number of benzene rings is 2. The van der Waals surface area contributed by atoms with E-state index in [0.717, 1.165) is 41.6 Å². The van der Waals surface area contributed by atoms with E-state index in [1.165, 1.54) is 31.2 Å². The maximum atomic E-state index is 12.4. The fraction of sp³-hybridized carbons (Fsp3) is 0.500. The van der Waals surface area contributed by atoms with Gasteiger partial charge in [0.2, 0.25) is 6.73 Å². The van der Waals surface area contributed by atoms with Crippen LogP contribution in [-0.2, 0) is 9.53 Å². The number of fused-ring (bicyclic) bond motifs is 5. The van der Waals surface area contributed by atoms with Crippen molar-refractivity contribution in [3.8, 4) is 11.5 Å². The Hall–Kier alpha value is -1.31. The summed E-state index contributed by atoms with van der Waals surface area (Å²) >= 11 is 6.36. The minimum atomic E-state index is -0.0504. The van der Waals surface area contributed by atoms with Crippen molar-refractivity contribution >= 4 is 17.6 Å². The van der Waals surface area contributed by atoms with Gasteiger partial charge in [-0.15, -0.1) is 0 Å². The van der Waals surface area contributed by atoms with Crippen LogP contribution in [0, 0.1) is 5.92 Å². The Morgan fingerprint density at radius 2 is 1.75 bits per heavy atom. The molecule has 3 atom stereocenters. The number of rotatable bonds is 5. The molecule has 0 aromatic heterocycles. The molecule has 1 saturated heterocycles. The predicted octanol–water partition coefficient (Wildman–Crippen LogP) is 3.25. The molecule has 0 amide bonds. The highest BCUT2D eigenvalue weighted by Gasteiger charge is 2.48. The zero-order valence-electron chi connectivity index (χ0n) is 18.6. The fourth-order valence-corrected chi connectivity index (χ4v) is 6.02. The third-order valence-corrected chi connectivity index (χ3v) is 7.67.